The number of anilines is 1. The van der Waals surface area contributed by atoms with Crippen LogP contribution in [0.3, 0.4) is 0 Å². The van der Waals surface area contributed by atoms with Gasteiger partial charge in [-0.15, -0.1) is 0 Å². The van der Waals surface area contributed by atoms with E-state index in [1.165, 1.54) is 5.56 Å². The predicted octanol–water partition coefficient (Wildman–Crippen LogP) is 2.88. The van der Waals surface area contributed by atoms with Crippen LogP contribution in [0.2, 0.25) is 0 Å². The number of nitrogens with one attached hydrogen (secondary N) is 1. The van der Waals surface area contributed by atoms with Crippen LogP contribution < -0.4 is 5.32 Å². The molecule has 1 saturated heterocycles. The number of piperazine rings is 1. The smallest absolute Gasteiger partial charge is 0.323 e. The van der Waals surface area contributed by atoms with Crippen molar-refractivity contribution >= 4 is 22.8 Å². The lowest BCUT2D eigenvalue weighted by atomic mass is 10.1. The number of pyridine rings is 1. The Morgan fingerprint density at radius 3 is 2.77 bits per heavy atom. The third-order valence-electron chi connectivity index (χ3n) is 4.63. The average molecular weight is 351 g/mol. The Morgan fingerprint density at radius 2 is 2.00 bits per heavy atom. The molecular formula is C19H21N5O2. The molecule has 0 radical (unpaired) electrons. The van der Waals surface area contributed by atoms with Crippen LogP contribution in [-0.4, -0.2) is 52.2 Å². The van der Waals surface area contributed by atoms with Crippen molar-refractivity contribution < 1.29 is 9.32 Å². The zero-order valence-corrected chi connectivity index (χ0v) is 14.7. The van der Waals surface area contributed by atoms with Crippen LogP contribution in [0.15, 0.2) is 47.1 Å². The van der Waals surface area contributed by atoms with E-state index in [0.717, 1.165) is 30.5 Å². The Hall–Kier alpha value is -2.93. The maximum absolute atomic E-state index is 12.3. The number of rotatable bonds is 3. The van der Waals surface area contributed by atoms with Gasteiger partial charge in [0.15, 0.2) is 5.82 Å². The molecule has 134 valence electrons. The van der Waals surface area contributed by atoms with E-state index in [-0.39, 0.29) is 6.03 Å². The fourth-order valence-corrected chi connectivity index (χ4v) is 3.26. The monoisotopic (exact) mass is 351 g/mol. The van der Waals surface area contributed by atoms with Gasteiger partial charge in [-0.25, -0.2) is 4.79 Å². The second-order valence-electron chi connectivity index (χ2n) is 6.51. The Labute approximate surface area is 151 Å². The van der Waals surface area contributed by atoms with E-state index in [9.17, 15) is 4.79 Å². The molecule has 7 nitrogen and oxygen atoms in total. The zero-order valence-electron chi connectivity index (χ0n) is 14.7. The fourth-order valence-electron chi connectivity index (χ4n) is 3.26. The molecule has 2 aromatic heterocycles. The van der Waals surface area contributed by atoms with Crippen LogP contribution in [0.25, 0.3) is 10.9 Å². The highest BCUT2D eigenvalue weighted by Crippen LogP contribution is 2.18. The number of hydrogen-bond donors (Lipinski definition) is 1. The van der Waals surface area contributed by atoms with Crippen LogP contribution in [-0.2, 0) is 6.54 Å². The third kappa shape index (κ3) is 3.52. The molecule has 0 saturated carbocycles. The van der Waals surface area contributed by atoms with Crippen molar-refractivity contribution in [2.24, 2.45) is 0 Å². The molecule has 1 aliphatic heterocycles. The molecule has 3 heterocycles. The average Bonchev–Trinajstić information content (AvgIpc) is 3.07. The largest absolute Gasteiger partial charge is 0.360 e. The molecule has 4 rings (SSSR count). The van der Waals surface area contributed by atoms with Gasteiger partial charge in [0.25, 0.3) is 0 Å². The first-order chi connectivity index (χ1) is 12.7. The summed E-state index contributed by atoms with van der Waals surface area (Å²) in [6.45, 7) is 5.65. The highest BCUT2D eigenvalue weighted by atomic mass is 16.5. The van der Waals surface area contributed by atoms with Gasteiger partial charge in [0.2, 0.25) is 0 Å². The molecule has 26 heavy (non-hydrogen) atoms. The molecule has 0 aliphatic carbocycles. The molecule has 2 amide bonds. The summed E-state index contributed by atoms with van der Waals surface area (Å²) in [4.78, 5) is 21.0. The standard InChI is InChI=1S/C19H21N5O2/c1-14-12-17(22-26-14)21-19(25)24-10-8-23(9-11-24)13-16-5-2-4-15-6-3-7-20-18(15)16/h2-7,12H,8-11,13H2,1H3,(H,21,22,25). The first-order valence-corrected chi connectivity index (χ1v) is 8.73. The summed E-state index contributed by atoms with van der Waals surface area (Å²) in [6, 6.07) is 11.9. The maximum Gasteiger partial charge on any atom is 0.323 e. The number of aromatic nitrogens is 2. The van der Waals surface area contributed by atoms with Crippen molar-refractivity contribution in [3.63, 3.8) is 0 Å². The first kappa shape index (κ1) is 16.5. The summed E-state index contributed by atoms with van der Waals surface area (Å²) in [5, 5.41) is 7.73. The number of fused-ring (bicyclic) bond motifs is 1. The van der Waals surface area contributed by atoms with Crippen LogP contribution in [0.5, 0.6) is 0 Å². The number of carbonyl (C=O) groups is 1. The van der Waals surface area contributed by atoms with E-state index < -0.39 is 0 Å². The summed E-state index contributed by atoms with van der Waals surface area (Å²) in [5.41, 5.74) is 2.27. The molecule has 0 spiro atoms. The minimum Gasteiger partial charge on any atom is -0.360 e. The van der Waals surface area contributed by atoms with Gasteiger partial charge in [-0.05, 0) is 18.6 Å². The molecule has 0 bridgehead atoms. The molecule has 1 aromatic carbocycles. The van der Waals surface area contributed by atoms with Crippen molar-refractivity contribution in [1.82, 2.24) is 19.9 Å². The molecule has 7 heteroatoms. The predicted molar refractivity (Wildman–Crippen MR) is 98.9 cm³/mol. The number of carbonyl (C=O) groups excluding carboxylic acids is 1. The van der Waals surface area contributed by atoms with E-state index in [1.54, 1.807) is 13.0 Å². The third-order valence-corrected chi connectivity index (χ3v) is 4.63. The van der Waals surface area contributed by atoms with Crippen molar-refractivity contribution in [2.45, 2.75) is 13.5 Å². The SMILES string of the molecule is Cc1cc(NC(=O)N2CCN(Cc3cccc4cccnc34)CC2)no1. The van der Waals surface area contributed by atoms with Gasteiger partial charge in [-0.3, -0.25) is 15.2 Å². The molecule has 1 aliphatic rings. The number of nitrogens with zero attached hydrogens (tertiary/aromatic N) is 4. The number of para-hydroxylation sites is 1. The van der Waals surface area contributed by atoms with Gasteiger partial charge < -0.3 is 9.42 Å². The summed E-state index contributed by atoms with van der Waals surface area (Å²) in [6.07, 6.45) is 1.83. The summed E-state index contributed by atoms with van der Waals surface area (Å²) < 4.78 is 4.97. The highest BCUT2D eigenvalue weighted by Gasteiger charge is 2.22. The molecule has 3 aromatic rings. The quantitative estimate of drug-likeness (QED) is 0.785. The molecule has 0 unspecified atom stereocenters. The number of aryl methyl sites for hydroxylation is 1. The van der Waals surface area contributed by atoms with Gasteiger partial charge in [0.1, 0.15) is 5.76 Å². The molecule has 0 atom stereocenters. The van der Waals surface area contributed by atoms with E-state index in [1.807, 2.05) is 17.2 Å². The van der Waals surface area contributed by atoms with Crippen molar-refractivity contribution in [1.29, 1.82) is 0 Å². The van der Waals surface area contributed by atoms with Crippen molar-refractivity contribution in [3.05, 3.63) is 53.9 Å². The van der Waals surface area contributed by atoms with Gasteiger partial charge in [-0.2, -0.15) is 0 Å². The molecule has 1 fully saturated rings. The lowest BCUT2D eigenvalue weighted by Crippen LogP contribution is -2.49. The Morgan fingerprint density at radius 1 is 1.19 bits per heavy atom. The minimum absolute atomic E-state index is 0.134. The lowest BCUT2D eigenvalue weighted by molar-refractivity contribution is 0.143. The van der Waals surface area contributed by atoms with Crippen LogP contribution >= 0.6 is 0 Å². The van der Waals surface area contributed by atoms with E-state index in [2.05, 4.69) is 44.6 Å². The topological polar surface area (TPSA) is 74.5 Å². The van der Waals surface area contributed by atoms with Crippen molar-refractivity contribution in [3.8, 4) is 0 Å². The van der Waals surface area contributed by atoms with Crippen molar-refractivity contribution in [2.75, 3.05) is 31.5 Å². The normalized spacial score (nSPS) is 15.3. The Balaban J connectivity index is 1.35. The van der Waals surface area contributed by atoms with Gasteiger partial charge in [0.05, 0.1) is 5.52 Å². The van der Waals surface area contributed by atoms with Crippen LogP contribution in [0.1, 0.15) is 11.3 Å². The van der Waals surface area contributed by atoms with Gasteiger partial charge in [-0.1, -0.05) is 29.4 Å². The first-order valence-electron chi connectivity index (χ1n) is 8.73. The van der Waals surface area contributed by atoms with Crippen LogP contribution in [0.4, 0.5) is 10.6 Å². The number of hydrogen-bond acceptors (Lipinski definition) is 5. The Kier molecular flexibility index (Phi) is 4.53. The number of urea groups is 1. The summed E-state index contributed by atoms with van der Waals surface area (Å²) in [7, 11) is 0. The number of benzene rings is 1. The minimum atomic E-state index is -0.134. The van der Waals surface area contributed by atoms with E-state index in [4.69, 9.17) is 4.52 Å². The van der Waals surface area contributed by atoms with Gasteiger partial charge in [0, 0.05) is 50.4 Å². The van der Waals surface area contributed by atoms with Crippen LogP contribution in [0, 0.1) is 6.92 Å². The zero-order chi connectivity index (χ0) is 17.9. The van der Waals surface area contributed by atoms with Gasteiger partial charge >= 0.3 is 6.03 Å². The summed E-state index contributed by atoms with van der Waals surface area (Å²) >= 11 is 0. The molecular weight excluding hydrogens is 330 g/mol. The number of amides is 2. The highest BCUT2D eigenvalue weighted by molar-refractivity contribution is 5.88. The second-order valence-corrected chi connectivity index (χ2v) is 6.51. The maximum atomic E-state index is 12.3. The molecule has 1 N–H and O–H groups in total. The fraction of sp³-hybridized carbons (Fsp3) is 0.316. The summed E-state index contributed by atoms with van der Waals surface area (Å²) in [5.74, 6) is 1.13. The second kappa shape index (κ2) is 7.13. The Bertz CT molecular complexity index is 910. The van der Waals surface area contributed by atoms with E-state index >= 15 is 0 Å². The van der Waals surface area contributed by atoms with E-state index in [0.29, 0.717) is 24.7 Å². The lowest BCUT2D eigenvalue weighted by Gasteiger charge is -2.34.